The van der Waals surface area contributed by atoms with Crippen LogP contribution in [0.15, 0.2) is 52.1 Å². The van der Waals surface area contributed by atoms with E-state index < -0.39 is 5.97 Å². The quantitative estimate of drug-likeness (QED) is 0.659. The zero-order chi connectivity index (χ0) is 12.8. The smallest absolute Gasteiger partial charge is 0.328 e. The highest BCUT2D eigenvalue weighted by atomic mass is 32.2. The first-order valence-corrected chi connectivity index (χ1v) is 7.27. The molecule has 0 saturated carbocycles. The second-order valence-corrected chi connectivity index (χ2v) is 5.81. The van der Waals surface area contributed by atoms with Crippen LogP contribution in [0.3, 0.4) is 0 Å². The molecule has 4 heteroatoms. The molecule has 0 radical (unpaired) electrons. The van der Waals surface area contributed by atoms with Gasteiger partial charge in [0.1, 0.15) is 0 Å². The van der Waals surface area contributed by atoms with E-state index in [2.05, 4.69) is 11.4 Å². The first kappa shape index (κ1) is 12.9. The maximum absolute atomic E-state index is 10.5. The molecule has 18 heavy (non-hydrogen) atoms. The average Bonchev–Trinajstić information content (AvgIpc) is 2.88. The lowest BCUT2D eigenvalue weighted by Gasteiger charge is -2.04. The summed E-state index contributed by atoms with van der Waals surface area (Å²) in [5, 5.41) is 10.7. The van der Waals surface area contributed by atoms with E-state index in [1.54, 1.807) is 29.2 Å². The van der Waals surface area contributed by atoms with Crippen molar-refractivity contribution in [2.45, 2.75) is 9.96 Å². The lowest BCUT2D eigenvalue weighted by molar-refractivity contribution is -0.131. The molecule has 0 amide bonds. The summed E-state index contributed by atoms with van der Waals surface area (Å²) in [5.74, 6) is -0.0728. The molecule has 2 nitrogen and oxygen atoms in total. The van der Waals surface area contributed by atoms with Gasteiger partial charge in [-0.2, -0.15) is 0 Å². The summed E-state index contributed by atoms with van der Waals surface area (Å²) in [6.45, 7) is 0. The molecule has 2 rings (SSSR count). The molecule has 0 aliphatic heterocycles. The number of aliphatic carboxylic acids is 1. The Balaban J connectivity index is 2.09. The van der Waals surface area contributed by atoms with Crippen molar-refractivity contribution in [2.24, 2.45) is 0 Å². The van der Waals surface area contributed by atoms with E-state index in [0.29, 0.717) is 0 Å². The fourth-order valence-electron chi connectivity index (χ4n) is 1.48. The molecule has 0 aliphatic rings. The second-order valence-electron chi connectivity index (χ2n) is 3.59. The van der Waals surface area contributed by atoms with Gasteiger partial charge in [0.15, 0.2) is 0 Å². The Bertz CT molecular complexity index is 545. The topological polar surface area (TPSA) is 37.3 Å². The Morgan fingerprint density at radius 2 is 2.11 bits per heavy atom. The molecular weight excluding hydrogens is 264 g/mol. The van der Waals surface area contributed by atoms with Gasteiger partial charge in [-0.15, -0.1) is 23.1 Å². The van der Waals surface area contributed by atoms with Gasteiger partial charge in [-0.3, -0.25) is 0 Å². The highest BCUT2D eigenvalue weighted by Crippen LogP contribution is 2.28. The monoisotopic (exact) mass is 276 g/mol. The first-order chi connectivity index (χ1) is 8.75. The van der Waals surface area contributed by atoms with Gasteiger partial charge < -0.3 is 5.11 Å². The van der Waals surface area contributed by atoms with E-state index >= 15 is 0 Å². The predicted molar refractivity (Wildman–Crippen MR) is 77.0 cm³/mol. The van der Waals surface area contributed by atoms with Crippen molar-refractivity contribution in [1.82, 2.24) is 0 Å². The number of carboxylic acids is 1. The normalized spacial score (nSPS) is 10.9. The third-order valence-corrected chi connectivity index (χ3v) is 4.51. The summed E-state index contributed by atoms with van der Waals surface area (Å²) < 4.78 is 1.27. The Morgan fingerprint density at radius 1 is 1.28 bits per heavy atom. The van der Waals surface area contributed by atoms with Crippen LogP contribution in [-0.4, -0.2) is 11.1 Å². The molecule has 1 aromatic heterocycles. The van der Waals surface area contributed by atoms with E-state index in [-0.39, 0.29) is 0 Å². The molecule has 0 aliphatic carbocycles. The van der Waals surface area contributed by atoms with Gasteiger partial charge in [-0.05, 0) is 28.6 Å². The number of hydrogen-bond acceptors (Lipinski definition) is 3. The highest BCUT2D eigenvalue weighted by molar-refractivity contribution is 8.00. The van der Waals surface area contributed by atoms with Crippen molar-refractivity contribution in [1.29, 1.82) is 0 Å². The number of rotatable bonds is 5. The molecule has 2 aromatic rings. The van der Waals surface area contributed by atoms with Crippen LogP contribution in [-0.2, 0) is 10.5 Å². The van der Waals surface area contributed by atoms with Crippen molar-refractivity contribution in [2.75, 3.05) is 0 Å². The first-order valence-electron chi connectivity index (χ1n) is 5.41. The van der Waals surface area contributed by atoms with Gasteiger partial charge in [-0.25, -0.2) is 4.79 Å². The zero-order valence-electron chi connectivity index (χ0n) is 9.58. The van der Waals surface area contributed by atoms with Crippen molar-refractivity contribution >= 4 is 35.1 Å². The molecule has 0 atom stereocenters. The second kappa shape index (κ2) is 6.42. The van der Waals surface area contributed by atoms with E-state index in [0.717, 1.165) is 16.9 Å². The minimum absolute atomic E-state index is 0.848. The number of thiophene rings is 1. The van der Waals surface area contributed by atoms with E-state index in [4.69, 9.17) is 5.11 Å². The van der Waals surface area contributed by atoms with Crippen LogP contribution < -0.4 is 0 Å². The third kappa shape index (κ3) is 3.75. The van der Waals surface area contributed by atoms with Gasteiger partial charge in [0.2, 0.25) is 0 Å². The van der Waals surface area contributed by atoms with Crippen LogP contribution in [0.2, 0.25) is 0 Å². The molecule has 0 unspecified atom stereocenters. The summed E-state index contributed by atoms with van der Waals surface area (Å²) in [5.41, 5.74) is 2.11. The molecule has 1 heterocycles. The van der Waals surface area contributed by atoms with Crippen molar-refractivity contribution < 1.29 is 9.90 Å². The standard InChI is InChI=1S/C14H12O2S2/c15-13(16)8-7-11-4-1-2-5-12(11)10-18-14-6-3-9-17-14/h1-9H,10H2,(H,15,16). The van der Waals surface area contributed by atoms with Gasteiger partial charge in [-0.1, -0.05) is 30.3 Å². The van der Waals surface area contributed by atoms with Crippen LogP contribution in [0.4, 0.5) is 0 Å². The Labute approximate surface area is 114 Å². The Hall–Kier alpha value is -1.52. The van der Waals surface area contributed by atoms with Crippen LogP contribution >= 0.6 is 23.1 Å². The van der Waals surface area contributed by atoms with Gasteiger partial charge >= 0.3 is 5.97 Å². The summed E-state index contributed by atoms with van der Waals surface area (Å²) in [6, 6.07) is 12.0. The van der Waals surface area contributed by atoms with Gasteiger partial charge in [0.25, 0.3) is 0 Å². The summed E-state index contributed by atoms with van der Waals surface area (Å²) >= 11 is 3.48. The zero-order valence-corrected chi connectivity index (χ0v) is 11.2. The molecule has 92 valence electrons. The largest absolute Gasteiger partial charge is 0.478 e. The van der Waals surface area contributed by atoms with Gasteiger partial charge in [0.05, 0.1) is 4.21 Å². The molecule has 0 saturated heterocycles. The van der Waals surface area contributed by atoms with Crippen molar-refractivity contribution in [3.8, 4) is 0 Å². The predicted octanol–water partition coefficient (Wildman–Crippen LogP) is 4.14. The number of thioether (sulfide) groups is 1. The van der Waals surface area contributed by atoms with Crippen molar-refractivity contribution in [3.63, 3.8) is 0 Å². The summed E-state index contributed by atoms with van der Waals surface area (Å²) in [4.78, 5) is 10.5. The van der Waals surface area contributed by atoms with E-state index in [9.17, 15) is 4.79 Å². The minimum Gasteiger partial charge on any atom is -0.478 e. The van der Waals surface area contributed by atoms with Crippen LogP contribution in [0, 0.1) is 0 Å². The lowest BCUT2D eigenvalue weighted by Crippen LogP contribution is -1.89. The third-order valence-electron chi connectivity index (χ3n) is 2.33. The number of carboxylic acid groups (broad SMARTS) is 1. The number of carbonyl (C=O) groups is 1. The number of benzene rings is 1. The highest BCUT2D eigenvalue weighted by Gasteiger charge is 2.01. The number of hydrogen-bond donors (Lipinski definition) is 1. The summed E-state index contributed by atoms with van der Waals surface area (Å²) in [6.07, 6.45) is 2.82. The SMILES string of the molecule is O=C(O)C=Cc1ccccc1CSc1cccs1. The molecule has 1 N–H and O–H groups in total. The fraction of sp³-hybridized carbons (Fsp3) is 0.0714. The fourth-order valence-corrected chi connectivity index (χ4v) is 3.28. The maximum atomic E-state index is 10.5. The average molecular weight is 276 g/mol. The molecular formula is C14H12O2S2. The summed E-state index contributed by atoms with van der Waals surface area (Å²) in [7, 11) is 0. The Kier molecular flexibility index (Phi) is 4.61. The van der Waals surface area contributed by atoms with E-state index in [1.165, 1.54) is 10.3 Å². The van der Waals surface area contributed by atoms with Crippen LogP contribution in [0.1, 0.15) is 11.1 Å². The van der Waals surface area contributed by atoms with Crippen LogP contribution in [0.5, 0.6) is 0 Å². The lowest BCUT2D eigenvalue weighted by atomic mass is 10.1. The van der Waals surface area contributed by atoms with Crippen molar-refractivity contribution in [3.05, 3.63) is 59.0 Å². The van der Waals surface area contributed by atoms with Crippen LogP contribution in [0.25, 0.3) is 6.08 Å². The molecule has 1 aromatic carbocycles. The van der Waals surface area contributed by atoms with E-state index in [1.807, 2.05) is 30.3 Å². The molecule has 0 fully saturated rings. The molecule has 0 bridgehead atoms. The Morgan fingerprint density at radius 3 is 2.83 bits per heavy atom. The molecule has 0 spiro atoms. The maximum Gasteiger partial charge on any atom is 0.328 e. The minimum atomic E-state index is -0.921. The van der Waals surface area contributed by atoms with Gasteiger partial charge in [0, 0.05) is 11.8 Å².